The Bertz CT molecular complexity index is 4310. The van der Waals surface area contributed by atoms with Gasteiger partial charge in [0.25, 0.3) is 11.8 Å². The molecule has 5 aromatic carbocycles. The second-order valence-electron chi connectivity index (χ2n) is 28.3. The van der Waals surface area contributed by atoms with Crippen molar-refractivity contribution in [1.82, 2.24) is 68.4 Å². The first-order valence-corrected chi connectivity index (χ1v) is 37.4. The summed E-state index contributed by atoms with van der Waals surface area (Å²) >= 11 is 6.14. The van der Waals surface area contributed by atoms with E-state index in [1.807, 2.05) is 50.2 Å². The number of rotatable bonds is 40. The summed E-state index contributed by atoms with van der Waals surface area (Å²) in [6, 6.07) is 20.9. The first-order chi connectivity index (χ1) is 53.3. The van der Waals surface area contributed by atoms with Gasteiger partial charge in [0.15, 0.2) is 6.17 Å². The Labute approximate surface area is 654 Å². The van der Waals surface area contributed by atoms with Gasteiger partial charge in [0, 0.05) is 93.4 Å². The number of nitrogens with one attached hydrogen (secondary N) is 13. The number of aliphatic hydroxyl groups excluding tert-OH is 1. The molecule has 112 heavy (non-hydrogen) atoms. The highest BCUT2D eigenvalue weighted by atomic mass is 35.5. The number of hydrogen-bond donors (Lipinski definition) is 15. The molecule has 2 heterocycles. The first-order valence-electron chi connectivity index (χ1n) is 37.1. The van der Waals surface area contributed by atoms with Gasteiger partial charge in [-0.05, 0) is 146 Å². The minimum Gasteiger partial charge on any atom is -0.480 e. The number of unbranched alkanes of at least 4 members (excludes halogenated alkanes) is 1. The van der Waals surface area contributed by atoms with Crippen LogP contribution >= 0.6 is 11.6 Å². The maximum absolute atomic E-state index is 15.3. The maximum atomic E-state index is 15.3. The van der Waals surface area contributed by atoms with Gasteiger partial charge in [-0.3, -0.25) is 72.1 Å². The van der Waals surface area contributed by atoms with Gasteiger partial charge < -0.3 is 84.2 Å². The van der Waals surface area contributed by atoms with Crippen molar-refractivity contribution in [1.29, 1.82) is 0 Å². The van der Waals surface area contributed by atoms with Crippen molar-refractivity contribution >= 4 is 117 Å². The molecular formula is C80H100ClN15O16. The lowest BCUT2D eigenvalue weighted by molar-refractivity contribution is -0.144. The average molecular weight is 1560 g/mol. The summed E-state index contributed by atoms with van der Waals surface area (Å²) in [6.07, 6.45) is 1.49. The highest BCUT2D eigenvalue weighted by molar-refractivity contribution is 6.30. The van der Waals surface area contributed by atoms with Gasteiger partial charge >= 0.3 is 5.97 Å². The van der Waals surface area contributed by atoms with Crippen LogP contribution in [0.15, 0.2) is 140 Å². The van der Waals surface area contributed by atoms with Crippen LogP contribution < -0.4 is 69.1 Å². The zero-order valence-electron chi connectivity index (χ0n) is 63.8. The summed E-state index contributed by atoms with van der Waals surface area (Å²) in [5.74, 6) is -12.2. The smallest absolute Gasteiger partial charge is 0.325 e. The Kier molecular flexibility index (Phi) is 33.6. The molecule has 1 aromatic heterocycles. The molecule has 0 unspecified atom stereocenters. The molecule has 1 fully saturated rings. The maximum Gasteiger partial charge on any atom is 0.325 e. The summed E-state index contributed by atoms with van der Waals surface area (Å²) < 4.78 is 0. The number of amides is 13. The summed E-state index contributed by atoms with van der Waals surface area (Å²) in [7, 11) is 0. The van der Waals surface area contributed by atoms with Gasteiger partial charge in [0.05, 0.1) is 6.61 Å². The van der Waals surface area contributed by atoms with E-state index in [2.05, 4.69) is 74.1 Å². The van der Waals surface area contributed by atoms with Crippen molar-refractivity contribution in [2.75, 3.05) is 30.3 Å². The molecule has 598 valence electrons. The quantitative estimate of drug-likeness (QED) is 0.0194. The lowest BCUT2D eigenvalue weighted by Gasteiger charge is -2.31. The standard InChI is InChI=1S/C80H100ClN15O16/c1-45(2)37-62(71(102)88-61(18-11-12-35-83-46(3)4)79(110)96-36-14-19-68(96)77(108)84-47(5)80(111)112)89-72(103)64(39-51-21-30-59(31-22-51)85-48(6)98)90-73(104)65(40-52-23-32-60(33-24-52)86-49(7)99)91-76(107)67(44-97)93-74(105)66(42-54-15-13-34-82-43-54)92-78(109)69(94-70(101)56-26-28-58(81)29-27-56)95-75(106)63(87-50(8)100)41-53-20-25-55-16-9-10-17-57(55)38-53/h9-10,13,15-17,20-34,38,43,45-47,61-69,83,97H,11-12,14,18-19,35-37,39-42,44H2,1-8H3,(H,84,108)(H,85,98)(H,86,99)(H,87,100)(H,88,102)(H,89,103)(H,90,104)(H,91,107)(H,92,109)(H,93,105)(H,94,101)(H,95,106)(H,111,112)/t47-,61+,62+,63-,64-,65+,66-,67+,68+,69+/m1/s1. The molecule has 1 aliphatic rings. The second-order valence-corrected chi connectivity index (χ2v) is 28.8. The zero-order chi connectivity index (χ0) is 81.7. The van der Waals surface area contributed by atoms with Crippen LogP contribution in [0.5, 0.6) is 0 Å². The molecule has 32 heteroatoms. The van der Waals surface area contributed by atoms with Crippen molar-refractivity contribution in [2.24, 2.45) is 5.92 Å². The van der Waals surface area contributed by atoms with E-state index in [4.69, 9.17) is 11.6 Å². The molecule has 0 bridgehead atoms. The summed E-state index contributed by atoms with van der Waals surface area (Å²) in [5, 5.41) is 57.4. The van der Waals surface area contributed by atoms with Gasteiger partial charge in [0.2, 0.25) is 65.0 Å². The molecule has 0 spiro atoms. The normalized spacial score (nSPS) is 14.9. The highest BCUT2D eigenvalue weighted by Gasteiger charge is 2.41. The number of carboxylic acids is 1. The molecule has 1 aliphatic heterocycles. The van der Waals surface area contributed by atoms with Crippen molar-refractivity contribution in [3.8, 4) is 0 Å². The highest BCUT2D eigenvalue weighted by Crippen LogP contribution is 2.23. The van der Waals surface area contributed by atoms with E-state index in [1.54, 1.807) is 68.4 Å². The van der Waals surface area contributed by atoms with Crippen molar-refractivity contribution in [3.63, 3.8) is 0 Å². The summed E-state index contributed by atoms with van der Waals surface area (Å²) in [5.41, 5.74) is 2.53. The van der Waals surface area contributed by atoms with E-state index in [1.165, 1.54) is 81.4 Å². The largest absolute Gasteiger partial charge is 0.480 e. The number of benzene rings is 5. The number of fused-ring (bicyclic) bond motifs is 1. The molecular weight excluding hydrogens is 1460 g/mol. The minimum absolute atomic E-state index is 0.00259. The van der Waals surface area contributed by atoms with E-state index < -0.39 is 144 Å². The molecule has 15 N–H and O–H groups in total. The van der Waals surface area contributed by atoms with Gasteiger partial charge in [-0.1, -0.05) is 112 Å². The molecule has 0 radical (unpaired) electrons. The number of aliphatic hydroxyl groups is 1. The Hall–Kier alpha value is -11.7. The molecule has 1 saturated heterocycles. The number of anilines is 2. The summed E-state index contributed by atoms with van der Waals surface area (Å²) in [4.78, 5) is 201. The van der Waals surface area contributed by atoms with Crippen LogP contribution in [0.25, 0.3) is 10.8 Å². The van der Waals surface area contributed by atoms with E-state index in [9.17, 15) is 67.7 Å². The lowest BCUT2D eigenvalue weighted by atomic mass is 9.99. The van der Waals surface area contributed by atoms with Crippen LogP contribution in [0.4, 0.5) is 11.4 Å². The fourth-order valence-electron chi connectivity index (χ4n) is 12.5. The number of aromatic nitrogens is 1. The van der Waals surface area contributed by atoms with Crippen molar-refractivity contribution < 1.29 is 77.3 Å². The number of carboxylic acid groups (broad SMARTS) is 1. The second kappa shape index (κ2) is 43.0. The van der Waals surface area contributed by atoms with Crippen LogP contribution in [0, 0.1) is 5.92 Å². The first kappa shape index (κ1) is 87.5. The van der Waals surface area contributed by atoms with Gasteiger partial charge in [-0.2, -0.15) is 0 Å². The third kappa shape index (κ3) is 28.0. The third-order valence-corrected chi connectivity index (χ3v) is 18.4. The van der Waals surface area contributed by atoms with Gasteiger partial charge in [-0.15, -0.1) is 0 Å². The number of nitrogens with zero attached hydrogens (tertiary/aromatic N) is 2. The van der Waals surface area contributed by atoms with Gasteiger partial charge in [0.1, 0.15) is 54.4 Å². The van der Waals surface area contributed by atoms with Crippen LogP contribution in [-0.2, 0) is 88.0 Å². The predicted molar refractivity (Wildman–Crippen MR) is 418 cm³/mol. The average Bonchev–Trinajstić information content (AvgIpc) is 1.15. The van der Waals surface area contributed by atoms with E-state index in [0.717, 1.165) is 10.8 Å². The Morgan fingerprint density at radius 1 is 0.500 bits per heavy atom. The molecule has 6 aromatic rings. The lowest BCUT2D eigenvalue weighted by Crippen LogP contribution is -2.63. The number of aliphatic carboxylic acids is 1. The fraction of sp³-hybridized carbons (Fsp3) is 0.412. The number of carbonyl (C=O) groups excluding carboxylic acids is 13. The number of carbonyl (C=O) groups is 14. The van der Waals surface area contributed by atoms with Crippen LogP contribution in [0.2, 0.25) is 5.02 Å². The zero-order valence-corrected chi connectivity index (χ0v) is 64.5. The SMILES string of the molecule is CC(=O)Nc1ccc(C[C@H](NC(=O)[C@H](CO)NC(=O)[C@@H](Cc2cccnc2)NC(=O)[C@@H](NC(=O)c2ccc(Cl)cc2)NC(=O)[C@@H](Cc2ccc3ccccc3c2)NC(C)=O)C(=O)N[C@H](Cc2ccc(NC(C)=O)cc2)C(=O)N[C@@H](CC(C)C)C(=O)N[C@@H](CCCCNC(C)C)C(=O)N2CCC[C@H]2C(=O)N[C@H](C)C(=O)O)cc1. The molecule has 10 atom stereocenters. The molecule has 31 nitrogen and oxygen atoms in total. The predicted octanol–water partition coefficient (Wildman–Crippen LogP) is 3.15. The molecule has 0 saturated carbocycles. The van der Waals surface area contributed by atoms with Crippen LogP contribution in [0.1, 0.15) is 127 Å². The Morgan fingerprint density at radius 2 is 1.00 bits per heavy atom. The summed E-state index contributed by atoms with van der Waals surface area (Å²) in [6.45, 7) is 12.2. The molecule has 7 rings (SSSR count). The number of halogens is 1. The van der Waals surface area contributed by atoms with E-state index in [0.29, 0.717) is 59.4 Å². The number of pyridine rings is 1. The number of hydrogen-bond acceptors (Lipinski definition) is 17. The molecule has 13 amide bonds. The molecule has 0 aliphatic carbocycles. The van der Waals surface area contributed by atoms with Crippen molar-refractivity contribution in [3.05, 3.63) is 173 Å². The fourth-order valence-corrected chi connectivity index (χ4v) is 12.6. The van der Waals surface area contributed by atoms with Crippen molar-refractivity contribution in [2.45, 2.75) is 186 Å². The Morgan fingerprint density at radius 3 is 1.54 bits per heavy atom. The van der Waals surface area contributed by atoms with Crippen LogP contribution in [-0.4, -0.2) is 189 Å². The topological polar surface area (TPSA) is 452 Å². The van der Waals surface area contributed by atoms with E-state index in [-0.39, 0.29) is 79.9 Å². The minimum atomic E-state index is -1.99. The van der Waals surface area contributed by atoms with E-state index >= 15 is 9.59 Å². The van der Waals surface area contributed by atoms with Gasteiger partial charge in [-0.25, -0.2) is 0 Å². The third-order valence-electron chi connectivity index (χ3n) is 18.2. The number of likely N-dealkylation sites (tertiary alicyclic amines) is 1. The Balaban J connectivity index is 1.19. The van der Waals surface area contributed by atoms with Crippen LogP contribution in [0.3, 0.4) is 0 Å². The monoisotopic (exact) mass is 1560 g/mol.